The molecular weight excluding hydrogens is 233 g/mol. The average Bonchev–Trinajstić information content (AvgIpc) is 2.81. The van der Waals surface area contributed by atoms with E-state index < -0.39 is 0 Å². The van der Waals surface area contributed by atoms with Crippen LogP contribution >= 0.6 is 0 Å². The van der Waals surface area contributed by atoms with Crippen molar-refractivity contribution in [2.75, 3.05) is 0 Å². The number of aryl methyl sites for hydroxylation is 1. The maximum absolute atomic E-state index is 13.2. The predicted molar refractivity (Wildman–Crippen MR) is 66.4 cm³/mol. The summed E-state index contributed by atoms with van der Waals surface area (Å²) in [6, 6.07) is 4.74. The molecule has 0 fully saturated rings. The van der Waals surface area contributed by atoms with Crippen molar-refractivity contribution in [3.05, 3.63) is 35.4 Å². The summed E-state index contributed by atoms with van der Waals surface area (Å²) >= 11 is 0. The largest absolute Gasteiger partial charge is 0.334 e. The molecule has 5 heteroatoms. The Bertz CT molecular complexity index is 539. The van der Waals surface area contributed by atoms with Gasteiger partial charge in [0.1, 0.15) is 5.82 Å². The van der Waals surface area contributed by atoms with Gasteiger partial charge in [0, 0.05) is 18.0 Å². The van der Waals surface area contributed by atoms with Gasteiger partial charge in [0.25, 0.3) is 5.89 Å². The molecule has 2 aromatic rings. The highest BCUT2D eigenvalue weighted by atomic mass is 19.1. The molecule has 0 amide bonds. The molecule has 1 heterocycles. The smallest absolute Gasteiger partial charge is 0.257 e. The third-order valence-corrected chi connectivity index (χ3v) is 2.84. The number of hydrogen-bond donors (Lipinski definition) is 1. The second-order valence-electron chi connectivity index (χ2n) is 4.35. The molecule has 0 bridgehead atoms. The minimum atomic E-state index is -0.244. The Morgan fingerprint density at radius 2 is 2.22 bits per heavy atom. The lowest BCUT2D eigenvalue weighted by atomic mass is 10.1. The Morgan fingerprint density at radius 3 is 2.89 bits per heavy atom. The number of rotatable bonds is 4. The fraction of sp³-hybridized carbons (Fsp3) is 0.385. The molecule has 2 N–H and O–H groups in total. The van der Waals surface area contributed by atoms with Gasteiger partial charge in [0.05, 0.1) is 0 Å². The van der Waals surface area contributed by atoms with Crippen LogP contribution < -0.4 is 5.73 Å². The fourth-order valence-corrected chi connectivity index (χ4v) is 1.61. The lowest BCUT2D eigenvalue weighted by Crippen LogP contribution is -2.21. The highest BCUT2D eigenvalue weighted by molar-refractivity contribution is 5.54. The summed E-state index contributed by atoms with van der Waals surface area (Å²) in [5.41, 5.74) is 7.10. The molecule has 18 heavy (non-hydrogen) atoms. The molecule has 1 atom stereocenters. The third kappa shape index (κ3) is 2.73. The van der Waals surface area contributed by atoms with Crippen LogP contribution in [0.15, 0.2) is 22.7 Å². The van der Waals surface area contributed by atoms with Gasteiger partial charge in [0.15, 0.2) is 5.82 Å². The molecule has 1 aromatic carbocycles. The van der Waals surface area contributed by atoms with Gasteiger partial charge in [0.2, 0.25) is 0 Å². The summed E-state index contributed by atoms with van der Waals surface area (Å²) in [4.78, 5) is 4.26. The number of hydrogen-bond acceptors (Lipinski definition) is 4. The molecule has 2 rings (SSSR count). The zero-order valence-electron chi connectivity index (χ0n) is 10.5. The molecule has 0 aliphatic rings. The SMILES string of the molecule is CCC(N)Cc1noc(-c2ccc(F)c(C)c2)n1. The summed E-state index contributed by atoms with van der Waals surface area (Å²) in [6.07, 6.45) is 1.44. The maximum atomic E-state index is 13.2. The molecule has 1 aromatic heterocycles. The van der Waals surface area contributed by atoms with Crippen molar-refractivity contribution in [3.8, 4) is 11.5 Å². The number of nitrogens with zero attached hydrogens (tertiary/aromatic N) is 2. The third-order valence-electron chi connectivity index (χ3n) is 2.84. The Kier molecular flexibility index (Phi) is 3.72. The van der Waals surface area contributed by atoms with E-state index in [1.807, 2.05) is 6.92 Å². The lowest BCUT2D eigenvalue weighted by Gasteiger charge is -2.02. The van der Waals surface area contributed by atoms with Gasteiger partial charge in [-0.1, -0.05) is 12.1 Å². The van der Waals surface area contributed by atoms with Gasteiger partial charge >= 0.3 is 0 Å². The summed E-state index contributed by atoms with van der Waals surface area (Å²) in [7, 11) is 0. The first-order valence-electron chi connectivity index (χ1n) is 5.95. The number of aromatic nitrogens is 2. The summed E-state index contributed by atoms with van der Waals surface area (Å²) < 4.78 is 18.3. The first-order valence-corrected chi connectivity index (χ1v) is 5.95. The van der Waals surface area contributed by atoms with Crippen molar-refractivity contribution < 1.29 is 8.91 Å². The second-order valence-corrected chi connectivity index (χ2v) is 4.35. The standard InChI is InChI=1S/C13H16FN3O/c1-3-10(15)7-12-16-13(18-17-12)9-4-5-11(14)8(2)6-9/h4-6,10H,3,7,15H2,1-2H3. The Morgan fingerprint density at radius 1 is 1.44 bits per heavy atom. The van der Waals surface area contributed by atoms with Crippen molar-refractivity contribution in [3.63, 3.8) is 0 Å². The van der Waals surface area contributed by atoms with Gasteiger partial charge in [-0.15, -0.1) is 0 Å². The molecule has 0 saturated carbocycles. The zero-order valence-corrected chi connectivity index (χ0v) is 10.5. The van der Waals surface area contributed by atoms with Crippen molar-refractivity contribution in [1.29, 1.82) is 0 Å². The van der Waals surface area contributed by atoms with E-state index in [0.29, 0.717) is 23.7 Å². The Hall–Kier alpha value is -1.75. The van der Waals surface area contributed by atoms with Gasteiger partial charge in [-0.3, -0.25) is 0 Å². The average molecular weight is 249 g/mol. The summed E-state index contributed by atoms with van der Waals surface area (Å²) in [6.45, 7) is 3.71. The van der Waals surface area contributed by atoms with Crippen molar-refractivity contribution >= 4 is 0 Å². The van der Waals surface area contributed by atoms with E-state index in [0.717, 1.165) is 12.0 Å². The van der Waals surface area contributed by atoms with Crippen LogP contribution in [-0.4, -0.2) is 16.2 Å². The molecule has 0 spiro atoms. The fourth-order valence-electron chi connectivity index (χ4n) is 1.61. The van der Waals surface area contributed by atoms with Gasteiger partial charge in [-0.05, 0) is 37.1 Å². The highest BCUT2D eigenvalue weighted by Gasteiger charge is 2.12. The molecule has 0 aliphatic heterocycles. The van der Waals surface area contributed by atoms with E-state index >= 15 is 0 Å². The van der Waals surface area contributed by atoms with E-state index in [2.05, 4.69) is 10.1 Å². The molecule has 4 nitrogen and oxygen atoms in total. The van der Waals surface area contributed by atoms with E-state index in [4.69, 9.17) is 10.3 Å². The summed E-state index contributed by atoms with van der Waals surface area (Å²) in [5.74, 6) is 0.740. The molecular formula is C13H16FN3O. The van der Waals surface area contributed by atoms with Crippen LogP contribution in [0.4, 0.5) is 4.39 Å². The minimum absolute atomic E-state index is 0.0328. The topological polar surface area (TPSA) is 64.9 Å². The van der Waals surface area contributed by atoms with E-state index in [9.17, 15) is 4.39 Å². The highest BCUT2D eigenvalue weighted by Crippen LogP contribution is 2.20. The van der Waals surface area contributed by atoms with Crippen LogP contribution in [-0.2, 0) is 6.42 Å². The number of benzene rings is 1. The molecule has 96 valence electrons. The van der Waals surface area contributed by atoms with E-state index in [1.165, 1.54) is 6.07 Å². The van der Waals surface area contributed by atoms with Crippen LogP contribution in [0, 0.1) is 12.7 Å². The van der Waals surface area contributed by atoms with Crippen LogP contribution in [0.3, 0.4) is 0 Å². The molecule has 0 aliphatic carbocycles. The lowest BCUT2D eigenvalue weighted by molar-refractivity contribution is 0.419. The van der Waals surface area contributed by atoms with Gasteiger partial charge in [-0.25, -0.2) is 4.39 Å². The summed E-state index contributed by atoms with van der Waals surface area (Å²) in [5, 5.41) is 3.87. The van der Waals surface area contributed by atoms with Crippen LogP contribution in [0.1, 0.15) is 24.7 Å². The van der Waals surface area contributed by atoms with Crippen molar-refractivity contribution in [1.82, 2.24) is 10.1 Å². The normalized spacial score (nSPS) is 12.7. The Balaban J connectivity index is 2.21. The van der Waals surface area contributed by atoms with Crippen LogP contribution in [0.25, 0.3) is 11.5 Å². The second kappa shape index (κ2) is 5.27. The van der Waals surface area contributed by atoms with E-state index in [1.54, 1.807) is 19.1 Å². The molecule has 0 radical (unpaired) electrons. The Labute approximate surface area is 105 Å². The zero-order chi connectivity index (χ0) is 13.1. The monoisotopic (exact) mass is 249 g/mol. The van der Waals surface area contributed by atoms with Gasteiger partial charge < -0.3 is 10.3 Å². The first-order chi connectivity index (χ1) is 8.60. The number of halogens is 1. The molecule has 0 saturated heterocycles. The first kappa shape index (κ1) is 12.7. The maximum Gasteiger partial charge on any atom is 0.257 e. The van der Waals surface area contributed by atoms with Crippen LogP contribution in [0.5, 0.6) is 0 Å². The van der Waals surface area contributed by atoms with Crippen molar-refractivity contribution in [2.24, 2.45) is 5.73 Å². The van der Waals surface area contributed by atoms with Crippen LogP contribution in [0.2, 0.25) is 0 Å². The van der Waals surface area contributed by atoms with Crippen molar-refractivity contribution in [2.45, 2.75) is 32.7 Å². The predicted octanol–water partition coefficient (Wildman–Crippen LogP) is 2.46. The number of nitrogens with two attached hydrogens (primary N) is 1. The quantitative estimate of drug-likeness (QED) is 0.904. The molecule has 1 unspecified atom stereocenters. The van der Waals surface area contributed by atoms with E-state index in [-0.39, 0.29) is 11.9 Å². The minimum Gasteiger partial charge on any atom is -0.334 e. The van der Waals surface area contributed by atoms with Gasteiger partial charge in [-0.2, -0.15) is 4.98 Å².